The van der Waals surface area contributed by atoms with E-state index in [9.17, 15) is 20.0 Å². The monoisotopic (exact) mass is 587 g/mol. The highest BCUT2D eigenvalue weighted by molar-refractivity contribution is 5.88. The van der Waals surface area contributed by atoms with Crippen LogP contribution in [0.2, 0.25) is 0 Å². The Hall–Kier alpha value is -3.67. The maximum Gasteiger partial charge on any atom is 0.149 e. The Morgan fingerprint density at radius 1 is 1.12 bits per heavy atom. The molecular weight excluding hydrogens is 538 g/mol. The van der Waals surface area contributed by atoms with Crippen molar-refractivity contribution in [1.82, 2.24) is 4.90 Å². The van der Waals surface area contributed by atoms with Crippen LogP contribution in [0.1, 0.15) is 63.0 Å². The number of ether oxygens (including phenoxy) is 1. The molecule has 2 aliphatic carbocycles. The second-order valence-electron chi connectivity index (χ2n) is 10.9. The van der Waals surface area contributed by atoms with Crippen LogP contribution in [0.25, 0.3) is 5.57 Å². The molecule has 0 fully saturated rings. The van der Waals surface area contributed by atoms with Gasteiger partial charge in [0.15, 0.2) is 0 Å². The molecule has 1 atom stereocenters. The summed E-state index contributed by atoms with van der Waals surface area (Å²) in [7, 11) is 5.86. The van der Waals surface area contributed by atoms with E-state index in [-0.39, 0.29) is 6.61 Å². The van der Waals surface area contributed by atoms with Gasteiger partial charge in [0.05, 0.1) is 18.2 Å². The fourth-order valence-corrected chi connectivity index (χ4v) is 4.34. The molecule has 3 rings (SSSR count). The molecule has 1 aromatic rings. The Labute approximate surface area is 258 Å². The van der Waals surface area contributed by atoms with Gasteiger partial charge >= 0.3 is 0 Å². The topological polar surface area (TPSA) is 117 Å². The number of allylic oxidation sites excluding steroid dienone is 11. The number of hydrogen-bond donors (Lipinski definition) is 2. The molecule has 7 nitrogen and oxygen atoms in total. The van der Waals surface area contributed by atoms with Crippen molar-refractivity contribution < 1.29 is 19.4 Å². The van der Waals surface area contributed by atoms with Gasteiger partial charge in [-0.2, -0.15) is 5.26 Å². The Balaban J connectivity index is 0.000000360. The van der Waals surface area contributed by atoms with Crippen LogP contribution in [-0.4, -0.2) is 69.1 Å². The van der Waals surface area contributed by atoms with Gasteiger partial charge in [-0.15, -0.1) is 0 Å². The van der Waals surface area contributed by atoms with E-state index in [1.165, 1.54) is 25.0 Å². The Morgan fingerprint density at radius 2 is 1.88 bits per heavy atom. The van der Waals surface area contributed by atoms with E-state index in [0.717, 1.165) is 35.7 Å². The quantitative estimate of drug-likeness (QED) is 0.277. The molecule has 1 aromatic carbocycles. The van der Waals surface area contributed by atoms with Crippen LogP contribution >= 0.6 is 0 Å². The number of aldehydes is 2. The number of aliphatic hydroxyl groups excluding tert-OH is 1. The summed E-state index contributed by atoms with van der Waals surface area (Å²) in [6, 6.07) is 9.36. The summed E-state index contributed by atoms with van der Waals surface area (Å²) in [6.07, 6.45) is 23.1. The summed E-state index contributed by atoms with van der Waals surface area (Å²) < 4.78 is 5.01. The molecule has 7 heteroatoms. The molecule has 0 heterocycles. The van der Waals surface area contributed by atoms with Crippen LogP contribution in [0.5, 0.6) is 0 Å². The molecule has 0 spiro atoms. The Bertz CT molecular complexity index is 1230. The van der Waals surface area contributed by atoms with E-state index in [2.05, 4.69) is 44.1 Å². The number of hydrogen-bond acceptors (Lipinski definition) is 7. The number of nitriles is 1. The third kappa shape index (κ3) is 15.4. The van der Waals surface area contributed by atoms with Gasteiger partial charge in [0.25, 0.3) is 0 Å². The molecule has 0 aromatic heterocycles. The maximum absolute atomic E-state index is 11.0. The number of benzene rings is 1. The molecule has 43 heavy (non-hydrogen) atoms. The normalized spacial score (nSPS) is 15.4. The Kier molecular flexibility index (Phi) is 19.1. The number of nitrogens with zero attached hydrogens (tertiary/aromatic N) is 2. The first kappa shape index (κ1) is 37.4. The minimum Gasteiger partial charge on any atom is -0.394 e. The Morgan fingerprint density at radius 3 is 2.49 bits per heavy atom. The van der Waals surface area contributed by atoms with E-state index < -0.39 is 5.54 Å². The number of carbonyl (C=O) groups excluding carboxylic acids is 2. The molecule has 0 saturated carbocycles. The van der Waals surface area contributed by atoms with Crippen molar-refractivity contribution in [2.75, 3.05) is 41.0 Å². The van der Waals surface area contributed by atoms with E-state index >= 15 is 0 Å². The number of carbonyl (C=O) groups is 2. The minimum absolute atomic E-state index is 0.0128. The van der Waals surface area contributed by atoms with E-state index in [1.54, 1.807) is 31.4 Å². The largest absolute Gasteiger partial charge is 0.394 e. The zero-order valence-electron chi connectivity index (χ0n) is 26.3. The third-order valence-corrected chi connectivity index (χ3v) is 6.85. The van der Waals surface area contributed by atoms with Gasteiger partial charge in [0.2, 0.25) is 0 Å². The molecule has 0 radical (unpaired) electrons. The first-order valence-electron chi connectivity index (χ1n) is 14.8. The van der Waals surface area contributed by atoms with Crippen molar-refractivity contribution in [3.8, 4) is 6.07 Å². The SMILES string of the molecule is CCCCN(C)C.COCCC(N)(CO)CC1=CC=CC=CC1.N#Cc1ccccc1C1=CC(C=O)=CCC(CC=O)=C1. The van der Waals surface area contributed by atoms with Crippen molar-refractivity contribution in [3.63, 3.8) is 0 Å². The lowest BCUT2D eigenvalue weighted by Crippen LogP contribution is -2.45. The lowest BCUT2D eigenvalue weighted by molar-refractivity contribution is -0.107. The van der Waals surface area contributed by atoms with Crippen LogP contribution in [0.4, 0.5) is 0 Å². The number of nitrogens with two attached hydrogens (primary N) is 1. The summed E-state index contributed by atoms with van der Waals surface area (Å²) in [5, 5.41) is 18.5. The fourth-order valence-electron chi connectivity index (χ4n) is 4.34. The van der Waals surface area contributed by atoms with Crippen molar-refractivity contribution in [1.29, 1.82) is 5.26 Å². The van der Waals surface area contributed by atoms with Crippen molar-refractivity contribution in [3.05, 3.63) is 101 Å². The average molecular weight is 588 g/mol. The van der Waals surface area contributed by atoms with Gasteiger partial charge in [0.1, 0.15) is 12.6 Å². The van der Waals surface area contributed by atoms with E-state index in [0.29, 0.717) is 43.4 Å². The van der Waals surface area contributed by atoms with Gasteiger partial charge in [-0.25, -0.2) is 0 Å². The first-order valence-corrected chi connectivity index (χ1v) is 14.8. The smallest absolute Gasteiger partial charge is 0.149 e. The summed E-state index contributed by atoms with van der Waals surface area (Å²) in [5.74, 6) is 0. The van der Waals surface area contributed by atoms with E-state index in [4.69, 9.17) is 10.5 Å². The van der Waals surface area contributed by atoms with Crippen molar-refractivity contribution >= 4 is 18.1 Å². The minimum atomic E-state index is -0.562. The molecule has 0 bridgehead atoms. The summed E-state index contributed by atoms with van der Waals surface area (Å²) in [4.78, 5) is 23.9. The van der Waals surface area contributed by atoms with Crippen LogP contribution in [0.15, 0.2) is 89.6 Å². The van der Waals surface area contributed by atoms with Gasteiger partial charge in [-0.3, -0.25) is 4.79 Å². The summed E-state index contributed by atoms with van der Waals surface area (Å²) in [6.45, 7) is 4.01. The predicted molar refractivity (Wildman–Crippen MR) is 176 cm³/mol. The third-order valence-electron chi connectivity index (χ3n) is 6.85. The highest BCUT2D eigenvalue weighted by Gasteiger charge is 2.24. The zero-order chi connectivity index (χ0) is 31.9. The van der Waals surface area contributed by atoms with Crippen LogP contribution in [0, 0.1) is 11.3 Å². The number of aliphatic hydroxyl groups is 1. The molecule has 0 amide bonds. The van der Waals surface area contributed by atoms with Gasteiger partial charge in [0, 0.05) is 31.2 Å². The van der Waals surface area contributed by atoms with Crippen molar-refractivity contribution in [2.45, 2.75) is 57.4 Å². The van der Waals surface area contributed by atoms with Crippen LogP contribution in [-0.2, 0) is 14.3 Å². The average Bonchev–Trinajstić information content (AvgIpc) is 3.40. The lowest BCUT2D eigenvalue weighted by atomic mass is 9.88. The standard InChI is InChI=1S/C17H13NO2.C13H21NO2.C6H15N/c18-11-15-3-1-2-4-17(15)16-9-13(7-8-19)5-6-14(10-16)12-20;1-16-9-8-13(14,11-15)10-12-6-4-2-3-5-7-12;1-4-5-6-7(2)3/h1-4,6,8-10,12H,5,7H2;2-6,15H,7-11,14H2,1H3;4-6H2,1-3H3. The second kappa shape index (κ2) is 21.9. The number of rotatable bonds is 13. The number of unbranched alkanes of at least 4 members (excludes halogenated alkanes) is 1. The summed E-state index contributed by atoms with van der Waals surface area (Å²) >= 11 is 0. The molecule has 2 aliphatic rings. The molecule has 3 N–H and O–H groups in total. The van der Waals surface area contributed by atoms with Gasteiger partial charge in [-0.05, 0) is 76.0 Å². The lowest BCUT2D eigenvalue weighted by Gasteiger charge is -2.28. The highest BCUT2D eigenvalue weighted by atomic mass is 16.5. The van der Waals surface area contributed by atoms with Crippen molar-refractivity contribution in [2.24, 2.45) is 5.73 Å². The molecule has 232 valence electrons. The fraction of sp³-hybridized carbons (Fsp3) is 0.417. The molecule has 1 unspecified atom stereocenters. The second-order valence-corrected chi connectivity index (χ2v) is 10.9. The highest BCUT2D eigenvalue weighted by Crippen LogP contribution is 2.27. The molecular formula is C36H49N3O4. The van der Waals surface area contributed by atoms with Gasteiger partial charge in [-0.1, -0.05) is 85.2 Å². The number of methoxy groups -OCH3 is 1. The zero-order valence-corrected chi connectivity index (χ0v) is 26.3. The van der Waals surface area contributed by atoms with Crippen LogP contribution in [0.3, 0.4) is 0 Å². The molecule has 0 saturated heterocycles. The van der Waals surface area contributed by atoms with Gasteiger partial charge < -0.3 is 25.3 Å². The maximum atomic E-state index is 11.0. The predicted octanol–water partition coefficient (Wildman–Crippen LogP) is 5.88. The molecule has 0 aliphatic heterocycles. The van der Waals surface area contributed by atoms with Crippen LogP contribution < -0.4 is 5.73 Å². The summed E-state index contributed by atoms with van der Waals surface area (Å²) in [5.41, 5.74) is 10.4. The van der Waals surface area contributed by atoms with E-state index in [1.807, 2.05) is 36.4 Å². The first-order chi connectivity index (χ1) is 20.7.